The molecule has 0 aliphatic heterocycles. The number of rotatable bonds is 8. The molecule has 0 atom stereocenters. The van der Waals surface area contributed by atoms with Crippen molar-refractivity contribution >= 4 is 39.6 Å². The normalized spacial score (nSPS) is 11.3. The van der Waals surface area contributed by atoms with E-state index in [2.05, 4.69) is 43.2 Å². The van der Waals surface area contributed by atoms with Crippen molar-refractivity contribution in [3.8, 4) is 0 Å². The molecule has 0 saturated heterocycles. The van der Waals surface area contributed by atoms with E-state index in [1.807, 2.05) is 13.8 Å². The molecular formula is C14H17N5OS3. The second-order valence-electron chi connectivity index (χ2n) is 5.12. The maximum Gasteiger partial charge on any atom is 0.237 e. The minimum absolute atomic E-state index is 0.276. The van der Waals surface area contributed by atoms with E-state index in [4.69, 9.17) is 4.52 Å². The summed E-state index contributed by atoms with van der Waals surface area (Å²) in [5.41, 5.74) is 0. The lowest BCUT2D eigenvalue weighted by Gasteiger charge is -1.98. The van der Waals surface area contributed by atoms with Crippen LogP contribution in [0.25, 0.3) is 0 Å². The van der Waals surface area contributed by atoms with Crippen LogP contribution < -0.4 is 5.32 Å². The summed E-state index contributed by atoms with van der Waals surface area (Å²) >= 11 is 4.88. The molecule has 3 heterocycles. The Morgan fingerprint density at radius 3 is 3.00 bits per heavy atom. The number of thioether (sulfide) groups is 1. The Bertz CT molecular complexity index is 722. The van der Waals surface area contributed by atoms with Gasteiger partial charge in [0.1, 0.15) is 0 Å². The van der Waals surface area contributed by atoms with Crippen LogP contribution in [0.4, 0.5) is 5.13 Å². The van der Waals surface area contributed by atoms with Crippen LogP contribution in [0.2, 0.25) is 0 Å². The lowest BCUT2D eigenvalue weighted by Crippen LogP contribution is -2.03. The van der Waals surface area contributed by atoms with Crippen molar-refractivity contribution in [1.29, 1.82) is 0 Å². The molecule has 0 saturated carbocycles. The Kier molecular flexibility index (Phi) is 5.63. The van der Waals surface area contributed by atoms with E-state index in [9.17, 15) is 0 Å². The van der Waals surface area contributed by atoms with Crippen molar-refractivity contribution in [2.75, 3.05) is 11.9 Å². The summed E-state index contributed by atoms with van der Waals surface area (Å²) in [6, 6.07) is 4.21. The lowest BCUT2D eigenvalue weighted by atomic mass is 10.2. The Morgan fingerprint density at radius 2 is 2.26 bits per heavy atom. The Balaban J connectivity index is 1.45. The molecule has 0 amide bonds. The average molecular weight is 368 g/mol. The summed E-state index contributed by atoms with van der Waals surface area (Å²) in [5, 5.41) is 18.5. The first-order chi connectivity index (χ1) is 11.2. The Morgan fingerprint density at radius 1 is 1.35 bits per heavy atom. The molecule has 0 radical (unpaired) electrons. The van der Waals surface area contributed by atoms with Gasteiger partial charge in [0.05, 0.1) is 5.75 Å². The van der Waals surface area contributed by atoms with E-state index in [0.29, 0.717) is 11.6 Å². The number of anilines is 1. The van der Waals surface area contributed by atoms with Crippen LogP contribution in [0.15, 0.2) is 26.4 Å². The monoisotopic (exact) mass is 367 g/mol. The topological polar surface area (TPSA) is 76.7 Å². The highest BCUT2D eigenvalue weighted by atomic mass is 32.2. The summed E-state index contributed by atoms with van der Waals surface area (Å²) in [6.07, 6.45) is 1.000. The molecule has 0 aliphatic carbocycles. The zero-order valence-electron chi connectivity index (χ0n) is 12.9. The van der Waals surface area contributed by atoms with Gasteiger partial charge in [-0.25, -0.2) is 0 Å². The number of hydrogen-bond acceptors (Lipinski definition) is 9. The molecule has 0 unspecified atom stereocenters. The fourth-order valence-corrected chi connectivity index (χ4v) is 4.10. The molecule has 0 fully saturated rings. The summed E-state index contributed by atoms with van der Waals surface area (Å²) in [7, 11) is 0. The first kappa shape index (κ1) is 16.4. The van der Waals surface area contributed by atoms with Gasteiger partial charge < -0.3 is 9.84 Å². The average Bonchev–Trinajstić information content (AvgIpc) is 3.27. The molecule has 3 rings (SSSR count). The van der Waals surface area contributed by atoms with E-state index < -0.39 is 0 Å². The molecule has 3 aromatic rings. The van der Waals surface area contributed by atoms with Crippen molar-refractivity contribution in [2.45, 2.75) is 36.3 Å². The highest BCUT2D eigenvalue weighted by Gasteiger charge is 2.11. The molecule has 0 aliphatic rings. The highest BCUT2D eigenvalue weighted by molar-refractivity contribution is 8.00. The van der Waals surface area contributed by atoms with Crippen molar-refractivity contribution in [1.82, 2.24) is 20.3 Å². The third-order valence-corrected chi connectivity index (χ3v) is 5.89. The molecule has 6 nitrogen and oxygen atoms in total. The number of nitrogens with one attached hydrogen (secondary N) is 1. The first-order valence-corrected chi connectivity index (χ1v) is 9.94. The second kappa shape index (κ2) is 7.89. The summed E-state index contributed by atoms with van der Waals surface area (Å²) in [4.78, 5) is 5.72. The van der Waals surface area contributed by atoms with Crippen LogP contribution in [-0.2, 0) is 12.2 Å². The second-order valence-corrected chi connectivity index (χ2v) is 8.35. The van der Waals surface area contributed by atoms with Gasteiger partial charge in [0, 0.05) is 17.3 Å². The molecular weight excluding hydrogens is 350 g/mol. The van der Waals surface area contributed by atoms with Crippen LogP contribution in [-0.4, -0.2) is 26.9 Å². The summed E-state index contributed by atoms with van der Waals surface area (Å²) in [6.45, 7) is 4.95. The van der Waals surface area contributed by atoms with Crippen LogP contribution in [0.1, 0.15) is 36.4 Å². The van der Waals surface area contributed by atoms with Crippen LogP contribution in [0.3, 0.4) is 0 Å². The van der Waals surface area contributed by atoms with Gasteiger partial charge in [-0.2, -0.15) is 4.98 Å². The highest BCUT2D eigenvalue weighted by Crippen LogP contribution is 2.28. The lowest BCUT2D eigenvalue weighted by molar-refractivity contribution is 0.383. The van der Waals surface area contributed by atoms with Crippen LogP contribution in [0.5, 0.6) is 0 Å². The molecule has 0 aromatic carbocycles. The fraction of sp³-hybridized carbons (Fsp3) is 0.429. The molecule has 1 N–H and O–H groups in total. The van der Waals surface area contributed by atoms with E-state index in [-0.39, 0.29) is 5.92 Å². The molecule has 0 bridgehead atoms. The number of thiophene rings is 1. The Hall–Kier alpha value is -1.45. The minimum atomic E-state index is 0.276. The zero-order valence-corrected chi connectivity index (χ0v) is 15.3. The number of hydrogen-bond donors (Lipinski definition) is 1. The minimum Gasteiger partial charge on any atom is -0.360 e. The quantitative estimate of drug-likeness (QED) is 0.602. The van der Waals surface area contributed by atoms with Gasteiger partial charge in [-0.15, -0.1) is 21.5 Å². The van der Waals surface area contributed by atoms with Crippen LogP contribution in [0, 0.1) is 0 Å². The van der Waals surface area contributed by atoms with Gasteiger partial charge in [-0.1, -0.05) is 48.2 Å². The van der Waals surface area contributed by atoms with Gasteiger partial charge in [0.25, 0.3) is 0 Å². The smallest absolute Gasteiger partial charge is 0.237 e. The molecule has 9 heteroatoms. The van der Waals surface area contributed by atoms with E-state index in [1.165, 1.54) is 4.88 Å². The first-order valence-electron chi connectivity index (χ1n) is 7.25. The predicted molar refractivity (Wildman–Crippen MR) is 94.4 cm³/mol. The molecule has 0 spiro atoms. The van der Waals surface area contributed by atoms with Gasteiger partial charge in [0.15, 0.2) is 10.2 Å². The molecule has 122 valence electrons. The largest absolute Gasteiger partial charge is 0.360 e. The van der Waals surface area contributed by atoms with E-state index in [1.54, 1.807) is 34.4 Å². The SMILES string of the molecule is CC(C)c1noc(CSc2nnc(NCCc3cccs3)s2)n1. The maximum atomic E-state index is 5.22. The van der Waals surface area contributed by atoms with E-state index >= 15 is 0 Å². The molecule has 3 aromatic heterocycles. The summed E-state index contributed by atoms with van der Waals surface area (Å²) < 4.78 is 6.12. The van der Waals surface area contributed by atoms with E-state index in [0.717, 1.165) is 28.3 Å². The van der Waals surface area contributed by atoms with Gasteiger partial charge in [-0.3, -0.25) is 0 Å². The summed E-state index contributed by atoms with van der Waals surface area (Å²) in [5.74, 6) is 2.26. The van der Waals surface area contributed by atoms with Gasteiger partial charge in [-0.05, 0) is 17.9 Å². The third kappa shape index (κ3) is 4.76. The zero-order chi connectivity index (χ0) is 16.1. The van der Waals surface area contributed by atoms with Gasteiger partial charge >= 0.3 is 0 Å². The standard InChI is InChI=1S/C14H17N5OS3/c1-9(2)12-16-11(20-19-12)8-22-14-18-17-13(23-14)15-6-5-10-4-3-7-21-10/h3-4,7,9H,5-6,8H2,1-2H3,(H,15,17). The van der Waals surface area contributed by atoms with Crippen molar-refractivity contribution in [2.24, 2.45) is 0 Å². The molecule has 23 heavy (non-hydrogen) atoms. The third-order valence-electron chi connectivity index (χ3n) is 2.95. The van der Waals surface area contributed by atoms with Gasteiger partial charge in [0.2, 0.25) is 11.0 Å². The maximum absolute atomic E-state index is 5.22. The Labute approximate surface area is 146 Å². The van der Waals surface area contributed by atoms with Crippen LogP contribution >= 0.6 is 34.4 Å². The van der Waals surface area contributed by atoms with Crippen molar-refractivity contribution < 1.29 is 4.52 Å². The number of aromatic nitrogens is 4. The van der Waals surface area contributed by atoms with Crippen molar-refractivity contribution in [3.63, 3.8) is 0 Å². The predicted octanol–water partition coefficient (Wildman–Crippen LogP) is 4.05. The van der Waals surface area contributed by atoms with Crippen molar-refractivity contribution in [3.05, 3.63) is 34.1 Å². The number of nitrogens with zero attached hydrogens (tertiary/aromatic N) is 4. The fourth-order valence-electron chi connectivity index (χ4n) is 1.77.